The van der Waals surface area contributed by atoms with Crippen LogP contribution < -0.4 is 4.90 Å². The number of Topliss-reactive ketones (excluding diaryl/α,β-unsaturated/α-hetero) is 1. The van der Waals surface area contributed by atoms with Crippen LogP contribution in [-0.2, 0) is 11.3 Å². The van der Waals surface area contributed by atoms with E-state index in [1.807, 2.05) is 23.7 Å². The standard InChI is InChI=1S/C12H17N5O/c1-9(18)5-4-6-17-12-10(7-15-17)11(16(2)3)13-8-14-12/h7-8H,4-6H2,1-3H3. The molecule has 0 aliphatic carbocycles. The Kier molecular flexibility index (Phi) is 3.55. The molecule has 0 amide bonds. The Morgan fingerprint density at radius 3 is 2.83 bits per heavy atom. The van der Waals surface area contributed by atoms with Gasteiger partial charge in [-0.1, -0.05) is 0 Å². The van der Waals surface area contributed by atoms with Gasteiger partial charge in [-0.3, -0.25) is 0 Å². The highest BCUT2D eigenvalue weighted by molar-refractivity contribution is 5.86. The van der Waals surface area contributed by atoms with E-state index in [0.29, 0.717) is 13.0 Å². The lowest BCUT2D eigenvalue weighted by Gasteiger charge is -2.11. The maximum atomic E-state index is 10.9. The summed E-state index contributed by atoms with van der Waals surface area (Å²) in [6, 6.07) is 0. The average Bonchev–Trinajstić information content (AvgIpc) is 2.72. The molecule has 2 aromatic heterocycles. The first-order valence-electron chi connectivity index (χ1n) is 5.93. The molecule has 0 N–H and O–H groups in total. The third kappa shape index (κ3) is 2.47. The lowest BCUT2D eigenvalue weighted by atomic mass is 10.2. The average molecular weight is 247 g/mol. The number of rotatable bonds is 5. The fourth-order valence-corrected chi connectivity index (χ4v) is 1.88. The third-order valence-electron chi connectivity index (χ3n) is 2.73. The first-order valence-corrected chi connectivity index (χ1v) is 5.93. The summed E-state index contributed by atoms with van der Waals surface area (Å²) in [6.07, 6.45) is 4.68. The molecule has 2 aromatic rings. The van der Waals surface area contributed by atoms with E-state index in [1.165, 1.54) is 0 Å². The van der Waals surface area contributed by atoms with Gasteiger partial charge >= 0.3 is 0 Å². The van der Waals surface area contributed by atoms with Gasteiger partial charge in [-0.25, -0.2) is 14.6 Å². The smallest absolute Gasteiger partial charge is 0.163 e. The normalized spacial score (nSPS) is 10.8. The molecule has 0 aromatic carbocycles. The van der Waals surface area contributed by atoms with Crippen LogP contribution >= 0.6 is 0 Å². The quantitative estimate of drug-likeness (QED) is 0.796. The summed E-state index contributed by atoms with van der Waals surface area (Å²) in [6.45, 7) is 2.31. The van der Waals surface area contributed by atoms with E-state index in [9.17, 15) is 4.79 Å². The van der Waals surface area contributed by atoms with Crippen molar-refractivity contribution in [2.45, 2.75) is 26.3 Å². The van der Waals surface area contributed by atoms with E-state index >= 15 is 0 Å². The summed E-state index contributed by atoms with van der Waals surface area (Å²) in [5.41, 5.74) is 0.817. The van der Waals surface area contributed by atoms with E-state index in [1.54, 1.807) is 19.4 Å². The Morgan fingerprint density at radius 1 is 1.39 bits per heavy atom. The lowest BCUT2D eigenvalue weighted by Crippen LogP contribution is -2.11. The summed E-state index contributed by atoms with van der Waals surface area (Å²) in [5.74, 6) is 1.06. The Morgan fingerprint density at radius 2 is 2.17 bits per heavy atom. The molecule has 0 unspecified atom stereocenters. The van der Waals surface area contributed by atoms with Crippen molar-refractivity contribution in [3.8, 4) is 0 Å². The van der Waals surface area contributed by atoms with Crippen molar-refractivity contribution in [1.29, 1.82) is 0 Å². The number of hydrogen-bond donors (Lipinski definition) is 0. The van der Waals surface area contributed by atoms with Crippen molar-refractivity contribution in [2.75, 3.05) is 19.0 Å². The molecule has 2 heterocycles. The van der Waals surface area contributed by atoms with Crippen molar-refractivity contribution in [3.05, 3.63) is 12.5 Å². The highest BCUT2D eigenvalue weighted by Gasteiger charge is 2.10. The lowest BCUT2D eigenvalue weighted by molar-refractivity contribution is -0.117. The van der Waals surface area contributed by atoms with Crippen molar-refractivity contribution in [3.63, 3.8) is 0 Å². The Hall–Kier alpha value is -1.98. The minimum Gasteiger partial charge on any atom is -0.362 e. The van der Waals surface area contributed by atoms with Gasteiger partial charge in [0.2, 0.25) is 0 Å². The fraction of sp³-hybridized carbons (Fsp3) is 0.500. The van der Waals surface area contributed by atoms with Crippen LogP contribution in [0, 0.1) is 0 Å². The summed E-state index contributed by atoms with van der Waals surface area (Å²) in [4.78, 5) is 21.3. The van der Waals surface area contributed by atoms with Crippen LogP contribution in [0.2, 0.25) is 0 Å². The minimum absolute atomic E-state index is 0.204. The Balaban J connectivity index is 2.25. The monoisotopic (exact) mass is 247 g/mol. The van der Waals surface area contributed by atoms with Crippen LogP contribution in [-0.4, -0.2) is 39.6 Å². The van der Waals surface area contributed by atoms with E-state index in [-0.39, 0.29) is 5.78 Å². The first-order chi connectivity index (χ1) is 8.59. The van der Waals surface area contributed by atoms with Crippen LogP contribution in [0.15, 0.2) is 12.5 Å². The summed E-state index contributed by atoms with van der Waals surface area (Å²) in [5, 5.41) is 5.25. The molecule has 0 atom stereocenters. The largest absolute Gasteiger partial charge is 0.362 e. The SMILES string of the molecule is CC(=O)CCCn1ncc2c(N(C)C)ncnc21. The molecule has 18 heavy (non-hydrogen) atoms. The summed E-state index contributed by atoms with van der Waals surface area (Å²) >= 11 is 0. The molecule has 0 aliphatic rings. The van der Waals surface area contributed by atoms with Gasteiger partial charge in [0, 0.05) is 27.1 Å². The molecule has 2 rings (SSSR count). The molecule has 6 heteroatoms. The van der Waals surface area contributed by atoms with Crippen LogP contribution in [0.3, 0.4) is 0 Å². The van der Waals surface area contributed by atoms with Crippen LogP contribution in [0.25, 0.3) is 11.0 Å². The Bertz CT molecular complexity index is 561. The molecule has 0 spiro atoms. The number of aromatic nitrogens is 4. The number of ketones is 1. The Labute approximate surface area is 106 Å². The maximum Gasteiger partial charge on any atom is 0.163 e. The van der Waals surface area contributed by atoms with E-state index in [0.717, 1.165) is 23.3 Å². The summed E-state index contributed by atoms with van der Waals surface area (Å²) < 4.78 is 1.83. The van der Waals surface area contributed by atoms with Gasteiger partial charge in [0.15, 0.2) is 5.65 Å². The molecule has 0 saturated carbocycles. The molecule has 96 valence electrons. The van der Waals surface area contributed by atoms with Crippen molar-refractivity contribution >= 4 is 22.6 Å². The number of hydrogen-bond acceptors (Lipinski definition) is 5. The maximum absolute atomic E-state index is 10.9. The summed E-state index contributed by atoms with van der Waals surface area (Å²) in [7, 11) is 3.88. The van der Waals surface area contributed by atoms with E-state index in [2.05, 4.69) is 15.1 Å². The molecule has 0 fully saturated rings. The molecule has 0 saturated heterocycles. The number of anilines is 1. The number of carbonyl (C=O) groups excluding carboxylic acids is 1. The van der Waals surface area contributed by atoms with Gasteiger partial charge in [-0.05, 0) is 13.3 Å². The number of carbonyl (C=O) groups is 1. The van der Waals surface area contributed by atoms with Crippen LogP contribution in [0.5, 0.6) is 0 Å². The molecular formula is C12H17N5O. The minimum atomic E-state index is 0.204. The van der Waals surface area contributed by atoms with Crippen LogP contribution in [0.4, 0.5) is 5.82 Å². The van der Waals surface area contributed by atoms with Gasteiger partial charge < -0.3 is 9.69 Å². The fourth-order valence-electron chi connectivity index (χ4n) is 1.88. The van der Waals surface area contributed by atoms with Crippen molar-refractivity contribution < 1.29 is 4.79 Å². The predicted molar refractivity (Wildman–Crippen MR) is 69.6 cm³/mol. The zero-order valence-electron chi connectivity index (χ0n) is 10.9. The molecular weight excluding hydrogens is 230 g/mol. The van der Waals surface area contributed by atoms with Crippen molar-refractivity contribution in [2.24, 2.45) is 0 Å². The van der Waals surface area contributed by atoms with E-state index in [4.69, 9.17) is 0 Å². The van der Waals surface area contributed by atoms with Gasteiger partial charge in [-0.15, -0.1) is 0 Å². The van der Waals surface area contributed by atoms with E-state index < -0.39 is 0 Å². The van der Waals surface area contributed by atoms with Crippen molar-refractivity contribution in [1.82, 2.24) is 19.7 Å². The second kappa shape index (κ2) is 5.12. The predicted octanol–water partition coefficient (Wildman–Crippen LogP) is 1.26. The molecule has 6 nitrogen and oxygen atoms in total. The second-order valence-corrected chi connectivity index (χ2v) is 4.50. The third-order valence-corrected chi connectivity index (χ3v) is 2.73. The van der Waals surface area contributed by atoms with Gasteiger partial charge in [0.05, 0.1) is 11.6 Å². The van der Waals surface area contributed by atoms with Gasteiger partial charge in [0.25, 0.3) is 0 Å². The first kappa shape index (κ1) is 12.5. The topological polar surface area (TPSA) is 63.9 Å². The zero-order valence-corrected chi connectivity index (χ0v) is 10.9. The molecule has 0 aliphatic heterocycles. The second-order valence-electron chi connectivity index (χ2n) is 4.50. The number of fused-ring (bicyclic) bond motifs is 1. The van der Waals surface area contributed by atoms with Crippen LogP contribution in [0.1, 0.15) is 19.8 Å². The number of nitrogens with zero attached hydrogens (tertiary/aromatic N) is 5. The van der Waals surface area contributed by atoms with Gasteiger partial charge in [-0.2, -0.15) is 5.10 Å². The zero-order chi connectivity index (χ0) is 13.1. The van der Waals surface area contributed by atoms with Gasteiger partial charge in [0.1, 0.15) is 17.9 Å². The highest BCUT2D eigenvalue weighted by Crippen LogP contribution is 2.20. The highest BCUT2D eigenvalue weighted by atomic mass is 16.1. The molecule has 0 bridgehead atoms. The number of aryl methyl sites for hydroxylation is 1. The molecule has 0 radical (unpaired) electrons.